The van der Waals surface area contributed by atoms with Gasteiger partial charge in [-0.25, -0.2) is 0 Å². The first kappa shape index (κ1) is 23.9. The minimum absolute atomic E-state index is 0.0390. The summed E-state index contributed by atoms with van der Waals surface area (Å²) in [5, 5.41) is 4.38. The number of halogens is 3. The van der Waals surface area contributed by atoms with Gasteiger partial charge < -0.3 is 10.2 Å². The molecule has 1 saturated heterocycles. The largest absolute Gasteiger partial charge is 0.332 e. The van der Waals surface area contributed by atoms with Crippen LogP contribution in [0.15, 0.2) is 72.8 Å². The first-order valence-corrected chi connectivity index (χ1v) is 12.3. The number of hydrogen-bond acceptors (Lipinski definition) is 3. The Bertz CT molecular complexity index is 1190. The van der Waals surface area contributed by atoms with Crippen LogP contribution in [0.4, 0.5) is 11.4 Å². The van der Waals surface area contributed by atoms with Crippen LogP contribution in [0.2, 0.25) is 10.0 Å². The average Bonchev–Trinajstić information content (AvgIpc) is 3.01. The van der Waals surface area contributed by atoms with Crippen LogP contribution in [0.25, 0.3) is 0 Å². The molecule has 0 bridgehead atoms. The van der Waals surface area contributed by atoms with Gasteiger partial charge in [0.2, 0.25) is 5.91 Å². The predicted molar refractivity (Wildman–Crippen MR) is 145 cm³/mol. The zero-order chi connectivity index (χ0) is 23.5. The Hall–Kier alpha value is -2.20. The summed E-state index contributed by atoms with van der Waals surface area (Å²) in [4.78, 5) is 29.5. The van der Waals surface area contributed by atoms with Gasteiger partial charge in [-0.15, -0.1) is 0 Å². The minimum Gasteiger partial charge on any atom is -0.332 e. The van der Waals surface area contributed by atoms with E-state index in [4.69, 9.17) is 35.4 Å². The Labute approximate surface area is 220 Å². The zero-order valence-electron chi connectivity index (χ0n) is 17.2. The molecule has 3 aromatic rings. The molecule has 0 spiro atoms. The highest BCUT2D eigenvalue weighted by Crippen LogP contribution is 2.30. The summed E-state index contributed by atoms with van der Waals surface area (Å²) in [7, 11) is 0. The van der Waals surface area contributed by atoms with E-state index < -0.39 is 6.04 Å². The highest BCUT2D eigenvalue weighted by atomic mass is 127. The number of anilines is 2. The summed E-state index contributed by atoms with van der Waals surface area (Å²) in [5.41, 5.74) is 2.21. The monoisotopic (exact) mass is 609 g/mol. The zero-order valence-corrected chi connectivity index (χ0v) is 21.7. The van der Waals surface area contributed by atoms with E-state index in [0.29, 0.717) is 33.1 Å². The molecule has 1 N–H and O–H groups in total. The Morgan fingerprint density at radius 2 is 1.52 bits per heavy atom. The van der Waals surface area contributed by atoms with Crippen LogP contribution in [0.3, 0.4) is 0 Å². The molecule has 0 saturated carbocycles. The smallest absolute Gasteiger partial charge is 0.256 e. The van der Waals surface area contributed by atoms with Crippen LogP contribution in [0.1, 0.15) is 12.0 Å². The van der Waals surface area contributed by atoms with Crippen LogP contribution >= 0.6 is 58.0 Å². The molecule has 9 heteroatoms. The molecule has 33 heavy (non-hydrogen) atoms. The summed E-state index contributed by atoms with van der Waals surface area (Å²) in [5.74, 6) is -0.523. The van der Waals surface area contributed by atoms with Gasteiger partial charge in [-0.2, -0.15) is 0 Å². The first-order chi connectivity index (χ1) is 15.8. The Balaban J connectivity index is 1.59. The second-order valence-electron chi connectivity index (χ2n) is 7.46. The molecule has 1 atom stereocenters. The van der Waals surface area contributed by atoms with Gasteiger partial charge in [0.1, 0.15) is 6.04 Å². The highest BCUT2D eigenvalue weighted by Gasteiger charge is 2.44. The van der Waals surface area contributed by atoms with Crippen LogP contribution in [-0.2, 0) is 16.1 Å². The molecule has 0 aromatic heterocycles. The molecule has 1 aliphatic heterocycles. The van der Waals surface area contributed by atoms with Crippen molar-refractivity contribution in [2.45, 2.75) is 19.0 Å². The summed E-state index contributed by atoms with van der Waals surface area (Å²) in [6, 6.07) is 20.9. The highest BCUT2D eigenvalue weighted by molar-refractivity contribution is 14.1. The van der Waals surface area contributed by atoms with Gasteiger partial charge in [0, 0.05) is 25.8 Å². The Morgan fingerprint density at radius 1 is 0.939 bits per heavy atom. The normalized spacial score (nSPS) is 15.8. The Kier molecular flexibility index (Phi) is 7.53. The molecule has 168 valence electrons. The number of nitrogens with zero attached hydrogens (tertiary/aromatic N) is 2. The fourth-order valence-electron chi connectivity index (χ4n) is 3.55. The summed E-state index contributed by atoms with van der Waals surface area (Å²) in [6.07, 6.45) is -0.0390. The Morgan fingerprint density at radius 3 is 2.12 bits per heavy atom. The number of benzene rings is 3. The fraction of sp³-hybridized carbons (Fsp3) is 0.125. The van der Waals surface area contributed by atoms with Crippen molar-refractivity contribution >= 4 is 86.3 Å². The van der Waals surface area contributed by atoms with Crippen LogP contribution < -0.4 is 10.2 Å². The van der Waals surface area contributed by atoms with E-state index in [1.807, 2.05) is 36.4 Å². The second kappa shape index (κ2) is 10.4. The summed E-state index contributed by atoms with van der Waals surface area (Å²) < 4.78 is 1.06. The lowest BCUT2D eigenvalue weighted by Crippen LogP contribution is -2.37. The number of hydrogen-bond donors (Lipinski definition) is 1. The van der Waals surface area contributed by atoms with Gasteiger partial charge in [0.15, 0.2) is 5.11 Å². The van der Waals surface area contributed by atoms with E-state index in [1.54, 1.807) is 41.3 Å². The molecule has 5 nitrogen and oxygen atoms in total. The number of nitrogens with one attached hydrogen (secondary N) is 1. The van der Waals surface area contributed by atoms with Crippen LogP contribution in [0, 0.1) is 3.57 Å². The lowest BCUT2D eigenvalue weighted by atomic mass is 10.1. The van der Waals surface area contributed by atoms with Gasteiger partial charge >= 0.3 is 0 Å². The van der Waals surface area contributed by atoms with Crippen molar-refractivity contribution in [1.29, 1.82) is 0 Å². The quantitative estimate of drug-likeness (QED) is 0.270. The topological polar surface area (TPSA) is 52.7 Å². The SMILES string of the molecule is O=C(CC1C(=O)N(c2ccc(Cl)cc2)C(=S)N1Cc1ccc(Cl)cc1)Nc1ccc(I)cc1. The number of amides is 2. The third-order valence-electron chi connectivity index (χ3n) is 5.18. The van der Waals surface area contributed by atoms with Gasteiger partial charge in [0.25, 0.3) is 5.91 Å². The van der Waals surface area contributed by atoms with E-state index in [9.17, 15) is 9.59 Å². The van der Waals surface area contributed by atoms with Crippen LogP contribution in [-0.4, -0.2) is 27.9 Å². The second-order valence-corrected chi connectivity index (χ2v) is 9.95. The van der Waals surface area contributed by atoms with Gasteiger partial charge in [-0.3, -0.25) is 14.5 Å². The average molecular weight is 610 g/mol. The minimum atomic E-state index is -0.743. The first-order valence-electron chi connectivity index (χ1n) is 10.0. The standard InChI is InChI=1S/C24H18Cl2IN3O2S/c25-16-3-1-15(2-4-16)14-29-21(13-22(31)28-19-9-7-18(27)8-10-19)23(32)30(24(29)33)20-11-5-17(26)6-12-20/h1-12,21H,13-14H2,(H,28,31). The maximum absolute atomic E-state index is 13.5. The number of thiocarbonyl (C=S) groups is 1. The van der Waals surface area contributed by atoms with Crippen molar-refractivity contribution in [2.75, 3.05) is 10.2 Å². The molecule has 1 unspecified atom stereocenters. The molecule has 2 amide bonds. The fourth-order valence-corrected chi connectivity index (χ4v) is 4.55. The molecule has 1 fully saturated rings. The third-order valence-corrected chi connectivity index (χ3v) is 6.82. The predicted octanol–water partition coefficient (Wildman–Crippen LogP) is 6.13. The molecule has 0 aliphatic carbocycles. The van der Waals surface area contributed by atoms with Crippen molar-refractivity contribution in [3.8, 4) is 0 Å². The number of carbonyl (C=O) groups excluding carboxylic acids is 2. The van der Waals surface area contributed by atoms with E-state index in [2.05, 4.69) is 27.9 Å². The van der Waals surface area contributed by atoms with Gasteiger partial charge in [-0.1, -0.05) is 35.3 Å². The molecular weight excluding hydrogens is 592 g/mol. The maximum Gasteiger partial charge on any atom is 0.256 e. The summed E-state index contributed by atoms with van der Waals surface area (Å²) >= 11 is 19.9. The lowest BCUT2D eigenvalue weighted by molar-refractivity contribution is -0.124. The van der Waals surface area contributed by atoms with Crippen molar-refractivity contribution in [3.05, 3.63) is 92.0 Å². The van der Waals surface area contributed by atoms with E-state index in [-0.39, 0.29) is 18.2 Å². The lowest BCUT2D eigenvalue weighted by Gasteiger charge is -2.24. The molecule has 1 aliphatic rings. The number of carbonyl (C=O) groups is 2. The van der Waals surface area contributed by atoms with E-state index >= 15 is 0 Å². The number of rotatable bonds is 6. The van der Waals surface area contributed by atoms with E-state index in [0.717, 1.165) is 9.13 Å². The third kappa shape index (κ3) is 5.66. The van der Waals surface area contributed by atoms with Crippen molar-refractivity contribution in [2.24, 2.45) is 0 Å². The molecule has 4 rings (SSSR count). The molecule has 0 radical (unpaired) electrons. The van der Waals surface area contributed by atoms with Crippen molar-refractivity contribution < 1.29 is 9.59 Å². The van der Waals surface area contributed by atoms with Gasteiger partial charge in [-0.05, 0) is 101 Å². The maximum atomic E-state index is 13.5. The molecular formula is C24H18Cl2IN3O2S. The van der Waals surface area contributed by atoms with E-state index in [1.165, 1.54) is 4.90 Å². The molecule has 1 heterocycles. The summed E-state index contributed by atoms with van der Waals surface area (Å²) in [6.45, 7) is 0.368. The van der Waals surface area contributed by atoms with Crippen molar-refractivity contribution in [3.63, 3.8) is 0 Å². The van der Waals surface area contributed by atoms with Crippen molar-refractivity contribution in [1.82, 2.24) is 4.90 Å². The molecule has 3 aromatic carbocycles. The van der Waals surface area contributed by atoms with Crippen LogP contribution in [0.5, 0.6) is 0 Å². The van der Waals surface area contributed by atoms with Gasteiger partial charge in [0.05, 0.1) is 12.1 Å².